The van der Waals surface area contributed by atoms with Crippen LogP contribution in [0.2, 0.25) is 0 Å². The van der Waals surface area contributed by atoms with E-state index in [9.17, 15) is 4.39 Å². The van der Waals surface area contributed by atoms with Crippen molar-refractivity contribution in [2.75, 3.05) is 11.9 Å². The number of aryl methyl sites for hydroxylation is 1. The van der Waals surface area contributed by atoms with E-state index < -0.39 is 5.60 Å². The van der Waals surface area contributed by atoms with Gasteiger partial charge >= 0.3 is 0 Å². The Morgan fingerprint density at radius 2 is 1.77 bits per heavy atom. The van der Waals surface area contributed by atoms with Crippen LogP contribution in [0.25, 0.3) is 0 Å². The minimum Gasteiger partial charge on any atom is -0.485 e. The lowest BCUT2D eigenvalue weighted by Gasteiger charge is -2.44. The largest absolute Gasteiger partial charge is 0.485 e. The zero-order valence-corrected chi connectivity index (χ0v) is 21.1. The second kappa shape index (κ2) is 11.2. The Bertz CT molecular complexity index is 1110. The van der Waals surface area contributed by atoms with E-state index in [4.69, 9.17) is 14.2 Å². The smallest absolute Gasteiger partial charge is 0.132 e. The van der Waals surface area contributed by atoms with Crippen molar-refractivity contribution in [2.24, 2.45) is 0 Å². The molecule has 1 heterocycles. The summed E-state index contributed by atoms with van der Waals surface area (Å²) in [4.78, 5) is 0. The Morgan fingerprint density at radius 3 is 2.51 bits per heavy atom. The van der Waals surface area contributed by atoms with Crippen molar-refractivity contribution >= 4 is 5.69 Å². The van der Waals surface area contributed by atoms with Gasteiger partial charge in [0.15, 0.2) is 0 Å². The second-order valence-corrected chi connectivity index (χ2v) is 9.80. The Kier molecular flexibility index (Phi) is 8.09. The quantitative estimate of drug-likeness (QED) is 0.310. The van der Waals surface area contributed by atoms with Crippen LogP contribution in [-0.4, -0.2) is 18.3 Å². The normalized spacial score (nSPS) is 18.5. The van der Waals surface area contributed by atoms with Gasteiger partial charge in [0.25, 0.3) is 0 Å². The van der Waals surface area contributed by atoms with E-state index in [1.807, 2.05) is 18.2 Å². The molecule has 0 fully saturated rings. The molecule has 0 bridgehead atoms. The summed E-state index contributed by atoms with van der Waals surface area (Å²) in [5.74, 6) is 0.575. The number of benzene rings is 3. The van der Waals surface area contributed by atoms with Gasteiger partial charge in [-0.1, -0.05) is 55.3 Å². The molecule has 0 radical (unpaired) electrons. The van der Waals surface area contributed by atoms with Crippen molar-refractivity contribution in [1.29, 1.82) is 0 Å². The molecular formula is C30H36FNO3. The van der Waals surface area contributed by atoms with E-state index in [1.54, 1.807) is 12.1 Å². The highest BCUT2D eigenvalue weighted by atomic mass is 19.1. The summed E-state index contributed by atoms with van der Waals surface area (Å²) >= 11 is 0. The maximum atomic E-state index is 13.6. The molecule has 0 saturated carbocycles. The van der Waals surface area contributed by atoms with Gasteiger partial charge in [-0.2, -0.15) is 0 Å². The van der Waals surface area contributed by atoms with Gasteiger partial charge in [0.2, 0.25) is 0 Å². The lowest BCUT2D eigenvalue weighted by molar-refractivity contribution is -0.167. The molecule has 4 rings (SSSR count). The number of halogens is 1. The first-order valence-corrected chi connectivity index (χ1v) is 12.5. The fourth-order valence-electron chi connectivity index (χ4n) is 4.38. The van der Waals surface area contributed by atoms with Gasteiger partial charge in [-0.15, -0.1) is 0 Å². The molecule has 2 unspecified atom stereocenters. The zero-order valence-electron chi connectivity index (χ0n) is 21.1. The van der Waals surface area contributed by atoms with E-state index in [1.165, 1.54) is 11.6 Å². The zero-order chi connectivity index (χ0) is 24.8. The van der Waals surface area contributed by atoms with Crippen molar-refractivity contribution in [3.8, 4) is 5.75 Å². The number of hydrogen-bond acceptors (Lipinski definition) is 4. The molecular weight excluding hydrogens is 441 g/mol. The SMILES string of the molecule is CCCCOC1c2cc(NCc3cccc(F)c3)ccc2OC(C)(C)C1OCc1ccc(C)cc1. The molecule has 2 atom stereocenters. The molecule has 0 aliphatic carbocycles. The maximum absolute atomic E-state index is 13.6. The third-order valence-corrected chi connectivity index (χ3v) is 6.38. The van der Waals surface area contributed by atoms with Crippen LogP contribution in [0.3, 0.4) is 0 Å². The van der Waals surface area contributed by atoms with Crippen LogP contribution in [0.5, 0.6) is 5.75 Å². The van der Waals surface area contributed by atoms with E-state index in [0.29, 0.717) is 19.8 Å². The molecule has 1 aliphatic heterocycles. The molecule has 0 saturated heterocycles. The third kappa shape index (κ3) is 6.41. The Hall–Kier alpha value is -2.89. The summed E-state index contributed by atoms with van der Waals surface area (Å²) in [6.45, 7) is 10.0. The summed E-state index contributed by atoms with van der Waals surface area (Å²) in [7, 11) is 0. The van der Waals surface area contributed by atoms with Gasteiger partial charge in [0.1, 0.15) is 29.4 Å². The van der Waals surface area contributed by atoms with E-state index in [0.717, 1.165) is 41.0 Å². The number of rotatable bonds is 10. The maximum Gasteiger partial charge on any atom is 0.132 e. The second-order valence-electron chi connectivity index (χ2n) is 9.80. The Balaban J connectivity index is 1.57. The van der Waals surface area contributed by atoms with Gasteiger partial charge < -0.3 is 19.5 Å². The van der Waals surface area contributed by atoms with Crippen LogP contribution in [-0.2, 0) is 22.6 Å². The van der Waals surface area contributed by atoms with E-state index in [-0.39, 0.29) is 18.0 Å². The number of anilines is 1. The molecule has 35 heavy (non-hydrogen) atoms. The highest BCUT2D eigenvalue weighted by Crippen LogP contribution is 2.44. The minimum absolute atomic E-state index is 0.233. The number of hydrogen-bond donors (Lipinski definition) is 1. The van der Waals surface area contributed by atoms with E-state index >= 15 is 0 Å². The molecule has 0 amide bonds. The molecule has 0 aromatic heterocycles. The van der Waals surface area contributed by atoms with Crippen LogP contribution < -0.4 is 10.1 Å². The number of ether oxygens (including phenoxy) is 3. The van der Waals surface area contributed by atoms with Crippen LogP contribution in [0.4, 0.5) is 10.1 Å². The molecule has 3 aromatic carbocycles. The minimum atomic E-state index is -0.564. The summed E-state index contributed by atoms with van der Waals surface area (Å²) < 4.78 is 33.0. The third-order valence-electron chi connectivity index (χ3n) is 6.38. The lowest BCUT2D eigenvalue weighted by Crippen LogP contribution is -2.51. The van der Waals surface area contributed by atoms with Crippen molar-refractivity contribution in [3.63, 3.8) is 0 Å². The van der Waals surface area contributed by atoms with Crippen LogP contribution >= 0.6 is 0 Å². The molecule has 1 aliphatic rings. The van der Waals surface area contributed by atoms with Crippen molar-refractivity contribution in [2.45, 2.75) is 71.5 Å². The number of nitrogens with one attached hydrogen (secondary N) is 1. The van der Waals surface area contributed by atoms with Gasteiger partial charge in [-0.3, -0.25) is 0 Å². The first-order valence-electron chi connectivity index (χ1n) is 12.5. The summed E-state index contributed by atoms with van der Waals surface area (Å²) in [5, 5.41) is 3.41. The van der Waals surface area contributed by atoms with Gasteiger partial charge in [-0.05, 0) is 68.7 Å². The van der Waals surface area contributed by atoms with Gasteiger partial charge in [0.05, 0.1) is 6.61 Å². The molecule has 0 spiro atoms. The van der Waals surface area contributed by atoms with Crippen LogP contribution in [0, 0.1) is 12.7 Å². The molecule has 3 aromatic rings. The molecule has 4 nitrogen and oxygen atoms in total. The lowest BCUT2D eigenvalue weighted by atomic mass is 9.87. The Labute approximate surface area is 208 Å². The van der Waals surface area contributed by atoms with Gasteiger partial charge in [0, 0.05) is 24.4 Å². The predicted octanol–water partition coefficient (Wildman–Crippen LogP) is 7.36. The first kappa shape index (κ1) is 25.2. The monoisotopic (exact) mass is 477 g/mol. The van der Waals surface area contributed by atoms with E-state index in [2.05, 4.69) is 63.3 Å². The van der Waals surface area contributed by atoms with Crippen molar-refractivity contribution in [1.82, 2.24) is 0 Å². The molecule has 1 N–H and O–H groups in total. The average Bonchev–Trinajstić information content (AvgIpc) is 2.83. The molecule has 186 valence electrons. The first-order chi connectivity index (χ1) is 16.9. The standard InChI is InChI=1S/C30H36FNO3/c1-5-6-16-33-28-26-18-25(32-19-23-8-7-9-24(31)17-23)14-15-27(26)35-30(3,4)29(28)34-20-22-12-10-21(2)11-13-22/h7-15,17-18,28-29,32H,5-6,16,19-20H2,1-4H3. The fourth-order valence-corrected chi connectivity index (χ4v) is 4.38. The number of fused-ring (bicyclic) bond motifs is 1. The average molecular weight is 478 g/mol. The van der Waals surface area contributed by atoms with Crippen LogP contribution in [0.1, 0.15) is 62.0 Å². The predicted molar refractivity (Wildman–Crippen MR) is 138 cm³/mol. The summed E-state index contributed by atoms with van der Waals surface area (Å²) in [6, 6.07) is 21.1. The highest BCUT2D eigenvalue weighted by molar-refractivity contribution is 5.54. The van der Waals surface area contributed by atoms with Crippen LogP contribution in [0.15, 0.2) is 66.7 Å². The fraction of sp³-hybridized carbons (Fsp3) is 0.400. The van der Waals surface area contributed by atoms with Gasteiger partial charge in [-0.25, -0.2) is 4.39 Å². The summed E-state index contributed by atoms with van der Waals surface area (Å²) in [6.07, 6.45) is 1.49. The summed E-state index contributed by atoms with van der Waals surface area (Å²) in [5.41, 5.74) is 4.56. The Morgan fingerprint density at radius 1 is 0.971 bits per heavy atom. The van der Waals surface area contributed by atoms with Crippen molar-refractivity contribution < 1.29 is 18.6 Å². The topological polar surface area (TPSA) is 39.7 Å². The molecule has 5 heteroatoms. The van der Waals surface area contributed by atoms with Crippen molar-refractivity contribution in [3.05, 3.63) is 94.8 Å². The highest BCUT2D eigenvalue weighted by Gasteiger charge is 2.45. The number of unbranched alkanes of at least 4 members (excludes halogenated alkanes) is 1.